The molecule has 0 atom stereocenters. The van der Waals surface area contributed by atoms with E-state index in [1.54, 1.807) is 18.2 Å². The number of benzene rings is 1. The number of hydrogen-bond donors (Lipinski definition) is 2. The molecule has 118 valence electrons. The van der Waals surface area contributed by atoms with E-state index in [9.17, 15) is 4.79 Å². The summed E-state index contributed by atoms with van der Waals surface area (Å²) in [5.41, 5.74) is 6.33. The lowest BCUT2D eigenvalue weighted by Gasteiger charge is -2.27. The highest BCUT2D eigenvalue weighted by atomic mass is 35.5. The highest BCUT2D eigenvalue weighted by molar-refractivity contribution is 5.97. The Balaban J connectivity index is 0.00000220. The van der Waals surface area contributed by atoms with Crippen molar-refractivity contribution in [3.05, 3.63) is 23.8 Å². The summed E-state index contributed by atoms with van der Waals surface area (Å²) in [6.45, 7) is 5.47. The summed E-state index contributed by atoms with van der Waals surface area (Å²) in [5.74, 6) is 0.963. The van der Waals surface area contributed by atoms with Crippen LogP contribution < -0.4 is 20.5 Å². The van der Waals surface area contributed by atoms with E-state index in [-0.39, 0.29) is 23.9 Å². The van der Waals surface area contributed by atoms with E-state index in [1.165, 1.54) is 0 Å². The molecular formula is C15H23ClN2O3. The fourth-order valence-corrected chi connectivity index (χ4v) is 2.10. The monoisotopic (exact) mass is 314 g/mol. The molecule has 0 bridgehead atoms. The van der Waals surface area contributed by atoms with Gasteiger partial charge in [-0.3, -0.25) is 4.79 Å². The number of nitrogens with two attached hydrogens (primary N) is 1. The summed E-state index contributed by atoms with van der Waals surface area (Å²) >= 11 is 0. The van der Waals surface area contributed by atoms with Crippen LogP contribution in [0, 0.1) is 0 Å². The summed E-state index contributed by atoms with van der Waals surface area (Å²) in [6.07, 6.45) is 1.63. The first-order valence-electron chi connectivity index (χ1n) is 7.05. The first-order valence-corrected chi connectivity index (χ1v) is 7.05. The smallest absolute Gasteiger partial charge is 0.255 e. The largest absolute Gasteiger partial charge is 0.486 e. The molecule has 1 aromatic carbocycles. The molecule has 0 radical (unpaired) electrons. The molecule has 0 aromatic heterocycles. The van der Waals surface area contributed by atoms with Crippen LogP contribution in [0.1, 0.15) is 37.0 Å². The van der Waals surface area contributed by atoms with Crippen molar-refractivity contribution in [2.75, 3.05) is 19.8 Å². The van der Waals surface area contributed by atoms with E-state index < -0.39 is 0 Å². The maximum Gasteiger partial charge on any atom is 0.255 e. The van der Waals surface area contributed by atoms with Gasteiger partial charge < -0.3 is 20.5 Å². The maximum atomic E-state index is 12.3. The van der Waals surface area contributed by atoms with Crippen LogP contribution in [0.4, 0.5) is 0 Å². The molecule has 1 heterocycles. The average Bonchev–Trinajstić information content (AvgIpc) is 2.51. The minimum atomic E-state index is -0.359. The van der Waals surface area contributed by atoms with E-state index in [0.717, 1.165) is 12.8 Å². The zero-order chi connectivity index (χ0) is 14.6. The van der Waals surface area contributed by atoms with Crippen LogP contribution >= 0.6 is 12.4 Å². The van der Waals surface area contributed by atoms with Gasteiger partial charge in [-0.05, 0) is 25.0 Å². The molecule has 0 saturated carbocycles. The Hall–Kier alpha value is -1.46. The first-order chi connectivity index (χ1) is 9.59. The van der Waals surface area contributed by atoms with Crippen LogP contribution in [0.15, 0.2) is 18.2 Å². The number of amides is 1. The molecule has 6 heteroatoms. The van der Waals surface area contributed by atoms with Crippen LogP contribution in [0.3, 0.4) is 0 Å². The molecule has 21 heavy (non-hydrogen) atoms. The van der Waals surface area contributed by atoms with Gasteiger partial charge >= 0.3 is 0 Å². The van der Waals surface area contributed by atoms with Crippen molar-refractivity contribution in [1.29, 1.82) is 0 Å². The Morgan fingerprint density at radius 2 is 1.95 bits per heavy atom. The molecule has 0 unspecified atom stereocenters. The number of fused-ring (bicyclic) bond motifs is 1. The van der Waals surface area contributed by atoms with Crippen LogP contribution in [0.5, 0.6) is 11.5 Å². The predicted octanol–water partition coefficient (Wildman–Crippen LogP) is 2.13. The Morgan fingerprint density at radius 1 is 1.29 bits per heavy atom. The number of halogens is 1. The highest BCUT2D eigenvalue weighted by Gasteiger charge is 2.24. The van der Waals surface area contributed by atoms with Gasteiger partial charge in [-0.15, -0.1) is 12.4 Å². The van der Waals surface area contributed by atoms with E-state index >= 15 is 0 Å². The Bertz CT molecular complexity index is 490. The summed E-state index contributed by atoms with van der Waals surface area (Å²) in [5, 5.41) is 2.89. The molecule has 5 nitrogen and oxygen atoms in total. The van der Waals surface area contributed by atoms with E-state index in [0.29, 0.717) is 36.8 Å². The summed E-state index contributed by atoms with van der Waals surface area (Å²) in [6, 6.07) is 5.33. The van der Waals surface area contributed by atoms with E-state index in [1.807, 2.05) is 13.8 Å². The predicted molar refractivity (Wildman–Crippen MR) is 84.5 cm³/mol. The van der Waals surface area contributed by atoms with Gasteiger partial charge in [0.05, 0.1) is 5.56 Å². The molecule has 0 aliphatic carbocycles. The molecule has 1 amide bonds. The summed E-state index contributed by atoms with van der Waals surface area (Å²) < 4.78 is 11.0. The molecule has 1 aromatic rings. The molecule has 0 fully saturated rings. The third-order valence-corrected chi connectivity index (χ3v) is 3.82. The number of para-hydroxylation sites is 1. The zero-order valence-electron chi connectivity index (χ0n) is 12.5. The van der Waals surface area contributed by atoms with Gasteiger partial charge in [-0.25, -0.2) is 0 Å². The van der Waals surface area contributed by atoms with Gasteiger partial charge in [0.1, 0.15) is 13.2 Å². The average molecular weight is 315 g/mol. The fraction of sp³-hybridized carbons (Fsp3) is 0.533. The van der Waals surface area contributed by atoms with E-state index in [2.05, 4.69) is 5.32 Å². The lowest BCUT2D eigenvalue weighted by Crippen LogP contribution is -2.49. The third kappa shape index (κ3) is 4.02. The molecule has 1 aliphatic rings. The Morgan fingerprint density at radius 3 is 2.62 bits per heavy atom. The minimum absolute atomic E-state index is 0. The van der Waals surface area contributed by atoms with Gasteiger partial charge in [0.15, 0.2) is 11.5 Å². The number of carbonyl (C=O) groups is 1. The van der Waals surface area contributed by atoms with Crippen LogP contribution in [-0.2, 0) is 0 Å². The molecular weight excluding hydrogens is 292 g/mol. The second-order valence-corrected chi connectivity index (χ2v) is 5.08. The Labute approximate surface area is 131 Å². The van der Waals surface area contributed by atoms with Crippen molar-refractivity contribution in [1.82, 2.24) is 5.32 Å². The van der Waals surface area contributed by atoms with Crippen molar-refractivity contribution in [3.63, 3.8) is 0 Å². The van der Waals surface area contributed by atoms with E-state index in [4.69, 9.17) is 15.2 Å². The van der Waals surface area contributed by atoms with Gasteiger partial charge in [-0.1, -0.05) is 19.9 Å². The second-order valence-electron chi connectivity index (χ2n) is 5.08. The van der Waals surface area contributed by atoms with Crippen molar-refractivity contribution < 1.29 is 14.3 Å². The summed E-state index contributed by atoms with van der Waals surface area (Å²) in [4.78, 5) is 12.3. The molecule has 2 rings (SSSR count). The first kappa shape index (κ1) is 17.6. The van der Waals surface area contributed by atoms with Crippen molar-refractivity contribution in [2.24, 2.45) is 5.73 Å². The maximum absolute atomic E-state index is 12.3. The number of ether oxygens (including phenoxy) is 2. The fourth-order valence-electron chi connectivity index (χ4n) is 2.10. The SMILES string of the molecule is CCC(N)(CC)CNC(=O)c1cccc2c1OCCO2.Cl. The number of carbonyl (C=O) groups excluding carboxylic acids is 1. The van der Waals surface area contributed by atoms with Crippen molar-refractivity contribution >= 4 is 18.3 Å². The normalized spacial score (nSPS) is 13.3. The van der Waals surface area contributed by atoms with Crippen molar-refractivity contribution in [3.8, 4) is 11.5 Å². The van der Waals surface area contributed by atoms with Crippen LogP contribution in [-0.4, -0.2) is 31.2 Å². The molecule has 1 aliphatic heterocycles. The number of hydrogen-bond acceptors (Lipinski definition) is 4. The van der Waals surface area contributed by atoms with Gasteiger partial charge in [0.2, 0.25) is 0 Å². The van der Waals surface area contributed by atoms with Crippen molar-refractivity contribution in [2.45, 2.75) is 32.2 Å². The van der Waals surface area contributed by atoms with Gasteiger partial charge in [0.25, 0.3) is 5.91 Å². The molecule has 3 N–H and O–H groups in total. The zero-order valence-corrected chi connectivity index (χ0v) is 13.3. The number of nitrogens with one attached hydrogen (secondary N) is 1. The van der Waals surface area contributed by atoms with Gasteiger partial charge in [0, 0.05) is 12.1 Å². The lowest BCUT2D eigenvalue weighted by molar-refractivity contribution is 0.0931. The standard InChI is InChI=1S/C15H22N2O3.ClH/c1-3-15(16,4-2)10-17-14(18)11-6-5-7-12-13(11)20-9-8-19-12;/h5-7H,3-4,8-10,16H2,1-2H3,(H,17,18);1H. The van der Waals surface area contributed by atoms with Crippen LogP contribution in [0.2, 0.25) is 0 Å². The highest BCUT2D eigenvalue weighted by Crippen LogP contribution is 2.33. The topological polar surface area (TPSA) is 73.6 Å². The quantitative estimate of drug-likeness (QED) is 0.873. The second kappa shape index (κ2) is 7.52. The van der Waals surface area contributed by atoms with Gasteiger partial charge in [-0.2, -0.15) is 0 Å². The molecule has 0 saturated heterocycles. The number of rotatable bonds is 5. The minimum Gasteiger partial charge on any atom is -0.486 e. The Kier molecular flexibility index (Phi) is 6.30. The summed E-state index contributed by atoms with van der Waals surface area (Å²) in [7, 11) is 0. The lowest BCUT2D eigenvalue weighted by atomic mass is 9.94. The third-order valence-electron chi connectivity index (χ3n) is 3.82. The molecule has 0 spiro atoms. The van der Waals surface area contributed by atoms with Crippen LogP contribution in [0.25, 0.3) is 0 Å².